The van der Waals surface area contributed by atoms with Crippen LogP contribution in [0.4, 0.5) is 0 Å². The molecule has 1 fully saturated rings. The summed E-state index contributed by atoms with van der Waals surface area (Å²) in [6.07, 6.45) is 5.48. The third-order valence-electron chi connectivity index (χ3n) is 2.49. The third-order valence-corrected chi connectivity index (χ3v) is 3.92. The van der Waals surface area contributed by atoms with Crippen molar-refractivity contribution in [2.24, 2.45) is 5.92 Å². The zero-order valence-electron chi connectivity index (χ0n) is 8.71. The Bertz CT molecular complexity index is 159. The molecule has 0 aromatic carbocycles. The predicted octanol–water partition coefficient (Wildman–Crippen LogP) is 3.28. The summed E-state index contributed by atoms with van der Waals surface area (Å²) in [6, 6.07) is 0. The van der Waals surface area contributed by atoms with Crippen molar-refractivity contribution in [1.29, 1.82) is 0 Å². The molecule has 2 heteroatoms. The monoisotopic (exact) mass is 200 g/mol. The van der Waals surface area contributed by atoms with Crippen LogP contribution in [0.3, 0.4) is 0 Å². The van der Waals surface area contributed by atoms with Crippen molar-refractivity contribution in [2.45, 2.75) is 51.2 Å². The first-order valence-electron chi connectivity index (χ1n) is 5.34. The molecule has 1 rings (SSSR count). The van der Waals surface area contributed by atoms with Crippen LogP contribution < -0.4 is 0 Å². The molecule has 0 saturated carbocycles. The predicted molar refractivity (Wildman–Crippen MR) is 59.2 cm³/mol. The molecule has 0 bridgehead atoms. The van der Waals surface area contributed by atoms with Gasteiger partial charge in [-0.2, -0.15) is 11.8 Å². The van der Waals surface area contributed by atoms with E-state index in [1.807, 2.05) is 11.8 Å². The maximum Gasteiger partial charge on any atom is 0.145 e. The van der Waals surface area contributed by atoms with Crippen LogP contribution in [-0.2, 0) is 4.79 Å². The molecule has 1 saturated heterocycles. The van der Waals surface area contributed by atoms with Crippen molar-refractivity contribution in [3.8, 4) is 0 Å². The Morgan fingerprint density at radius 3 is 2.85 bits per heavy atom. The quantitative estimate of drug-likeness (QED) is 0.677. The molecule has 0 amide bonds. The van der Waals surface area contributed by atoms with Gasteiger partial charge in [0.2, 0.25) is 0 Å². The van der Waals surface area contributed by atoms with Crippen LogP contribution >= 0.6 is 11.8 Å². The Kier molecular flexibility index (Phi) is 4.86. The highest BCUT2D eigenvalue weighted by molar-refractivity contribution is 8.00. The highest BCUT2D eigenvalue weighted by atomic mass is 32.2. The van der Waals surface area contributed by atoms with Gasteiger partial charge in [0.1, 0.15) is 5.78 Å². The number of rotatable bonds is 5. The van der Waals surface area contributed by atoms with Crippen molar-refractivity contribution in [1.82, 2.24) is 0 Å². The minimum Gasteiger partial charge on any atom is -0.298 e. The second-order valence-corrected chi connectivity index (χ2v) is 5.56. The number of ketones is 1. The molecule has 13 heavy (non-hydrogen) atoms. The van der Waals surface area contributed by atoms with Gasteiger partial charge >= 0.3 is 0 Å². The van der Waals surface area contributed by atoms with Gasteiger partial charge in [-0.25, -0.2) is 0 Å². The van der Waals surface area contributed by atoms with E-state index in [1.54, 1.807) is 0 Å². The van der Waals surface area contributed by atoms with E-state index >= 15 is 0 Å². The van der Waals surface area contributed by atoms with E-state index in [9.17, 15) is 4.79 Å². The number of carbonyl (C=O) groups excluding carboxylic acids is 1. The smallest absolute Gasteiger partial charge is 0.145 e. The number of carbonyl (C=O) groups is 1. The molecule has 1 unspecified atom stereocenters. The summed E-state index contributed by atoms with van der Waals surface area (Å²) in [5, 5.41) is 0.354. The van der Waals surface area contributed by atoms with E-state index in [0.29, 0.717) is 11.0 Å². The standard InChI is InChI=1S/C11H20OS/c1-9(2)5-3-6-10(12)11-7-4-8-13-11/h9,11H,3-8H2,1-2H3. The first-order chi connectivity index (χ1) is 6.20. The van der Waals surface area contributed by atoms with Crippen LogP contribution in [-0.4, -0.2) is 16.8 Å². The fraction of sp³-hybridized carbons (Fsp3) is 0.909. The van der Waals surface area contributed by atoms with Gasteiger partial charge in [0, 0.05) is 6.42 Å². The lowest BCUT2D eigenvalue weighted by atomic mass is 10.0. The number of Topliss-reactive ketones (excluding diaryl/α,β-unsaturated/α-hetero) is 1. The molecule has 0 N–H and O–H groups in total. The summed E-state index contributed by atoms with van der Waals surface area (Å²) < 4.78 is 0. The van der Waals surface area contributed by atoms with Crippen molar-refractivity contribution < 1.29 is 4.79 Å². The lowest BCUT2D eigenvalue weighted by molar-refractivity contribution is -0.118. The van der Waals surface area contributed by atoms with Gasteiger partial charge in [0.15, 0.2) is 0 Å². The number of thioether (sulfide) groups is 1. The average Bonchev–Trinajstić information content (AvgIpc) is 2.55. The van der Waals surface area contributed by atoms with Gasteiger partial charge in [0.25, 0.3) is 0 Å². The Balaban J connectivity index is 2.10. The molecular weight excluding hydrogens is 180 g/mol. The molecule has 1 aliphatic heterocycles. The molecule has 0 aromatic heterocycles. The van der Waals surface area contributed by atoms with Crippen LogP contribution in [0.2, 0.25) is 0 Å². The molecule has 76 valence electrons. The lowest BCUT2D eigenvalue weighted by Crippen LogP contribution is -2.13. The topological polar surface area (TPSA) is 17.1 Å². The Labute approximate surface area is 85.7 Å². The Morgan fingerprint density at radius 2 is 2.31 bits per heavy atom. The SMILES string of the molecule is CC(C)CCCC(=O)C1CCCS1. The minimum atomic E-state index is 0.354. The summed E-state index contributed by atoms with van der Waals surface area (Å²) in [7, 11) is 0. The molecule has 0 spiro atoms. The van der Waals surface area contributed by atoms with Crippen molar-refractivity contribution >= 4 is 17.5 Å². The molecule has 1 nitrogen and oxygen atoms in total. The molecule has 0 aromatic rings. The first-order valence-corrected chi connectivity index (χ1v) is 6.39. The maximum absolute atomic E-state index is 11.6. The number of hydrogen-bond acceptors (Lipinski definition) is 2. The zero-order chi connectivity index (χ0) is 9.68. The van der Waals surface area contributed by atoms with E-state index in [4.69, 9.17) is 0 Å². The summed E-state index contributed by atoms with van der Waals surface area (Å²) >= 11 is 1.86. The van der Waals surface area contributed by atoms with Crippen LogP contribution in [0.15, 0.2) is 0 Å². The van der Waals surface area contributed by atoms with Gasteiger partial charge in [0.05, 0.1) is 5.25 Å². The van der Waals surface area contributed by atoms with Crippen LogP contribution in [0.5, 0.6) is 0 Å². The van der Waals surface area contributed by atoms with E-state index in [-0.39, 0.29) is 0 Å². The molecule has 0 radical (unpaired) electrons. The van der Waals surface area contributed by atoms with E-state index < -0.39 is 0 Å². The Morgan fingerprint density at radius 1 is 1.54 bits per heavy atom. The fourth-order valence-electron chi connectivity index (χ4n) is 1.68. The Hall–Kier alpha value is 0.0200. The van der Waals surface area contributed by atoms with Crippen molar-refractivity contribution in [3.05, 3.63) is 0 Å². The van der Waals surface area contributed by atoms with Gasteiger partial charge in [-0.3, -0.25) is 4.79 Å². The van der Waals surface area contributed by atoms with Crippen molar-refractivity contribution in [3.63, 3.8) is 0 Å². The van der Waals surface area contributed by atoms with E-state index in [2.05, 4.69) is 13.8 Å². The van der Waals surface area contributed by atoms with Gasteiger partial charge in [-0.15, -0.1) is 0 Å². The normalized spacial score (nSPS) is 22.5. The van der Waals surface area contributed by atoms with Gasteiger partial charge in [-0.1, -0.05) is 20.3 Å². The summed E-state index contributed by atoms with van der Waals surface area (Å²) in [4.78, 5) is 11.6. The van der Waals surface area contributed by atoms with Gasteiger partial charge in [-0.05, 0) is 30.9 Å². The highest BCUT2D eigenvalue weighted by Crippen LogP contribution is 2.28. The largest absolute Gasteiger partial charge is 0.298 e. The fourth-order valence-corrected chi connectivity index (χ4v) is 2.93. The second-order valence-electron chi connectivity index (χ2n) is 4.25. The minimum absolute atomic E-state index is 0.354. The highest BCUT2D eigenvalue weighted by Gasteiger charge is 2.22. The molecule has 1 aliphatic rings. The third kappa shape index (κ3) is 4.17. The zero-order valence-corrected chi connectivity index (χ0v) is 9.53. The van der Waals surface area contributed by atoms with Crippen LogP contribution in [0.25, 0.3) is 0 Å². The maximum atomic E-state index is 11.6. The molecule has 0 aliphatic carbocycles. The summed E-state index contributed by atoms with van der Waals surface area (Å²) in [5.41, 5.74) is 0. The molecule has 1 atom stereocenters. The van der Waals surface area contributed by atoms with E-state index in [0.717, 1.165) is 25.2 Å². The molecular formula is C11H20OS. The first kappa shape index (κ1) is 11.1. The van der Waals surface area contributed by atoms with Crippen molar-refractivity contribution in [2.75, 3.05) is 5.75 Å². The molecule has 1 heterocycles. The second kappa shape index (κ2) is 5.69. The number of hydrogen-bond donors (Lipinski definition) is 0. The van der Waals surface area contributed by atoms with Crippen LogP contribution in [0.1, 0.15) is 46.0 Å². The summed E-state index contributed by atoms with van der Waals surface area (Å²) in [6.45, 7) is 4.43. The van der Waals surface area contributed by atoms with Gasteiger partial charge < -0.3 is 0 Å². The average molecular weight is 200 g/mol. The van der Waals surface area contributed by atoms with E-state index in [1.165, 1.54) is 18.6 Å². The lowest BCUT2D eigenvalue weighted by Gasteiger charge is -2.07. The van der Waals surface area contributed by atoms with Crippen LogP contribution in [0, 0.1) is 5.92 Å². The summed E-state index contributed by atoms with van der Waals surface area (Å²) in [5.74, 6) is 2.44.